The number of carboxylic acid groups (broad SMARTS) is 1. The lowest BCUT2D eigenvalue weighted by atomic mass is 9.98. The zero-order valence-corrected chi connectivity index (χ0v) is 18.5. The lowest BCUT2D eigenvalue weighted by Crippen LogP contribution is -2.62. The summed E-state index contributed by atoms with van der Waals surface area (Å²) >= 11 is 0. The Labute approximate surface area is 196 Å². The molecule has 0 bridgehead atoms. The molecule has 9 nitrogen and oxygen atoms in total. The molecule has 0 saturated carbocycles. The maximum atomic E-state index is 13.2. The van der Waals surface area contributed by atoms with Gasteiger partial charge in [-0.15, -0.1) is 0 Å². The molecule has 2 heterocycles. The van der Waals surface area contributed by atoms with Crippen molar-refractivity contribution in [2.45, 2.75) is 43.7 Å². The zero-order valence-electron chi connectivity index (χ0n) is 18.5. The third kappa shape index (κ3) is 3.76. The number of rotatable bonds is 4. The van der Waals surface area contributed by atoms with Crippen LogP contribution in [0.5, 0.6) is 0 Å². The Morgan fingerprint density at radius 1 is 1.00 bits per heavy atom. The van der Waals surface area contributed by atoms with Crippen molar-refractivity contribution in [2.75, 3.05) is 13.2 Å². The number of hydrogen-bond acceptors (Lipinski definition) is 5. The largest absolute Gasteiger partial charge is 0.480 e. The van der Waals surface area contributed by atoms with Crippen LogP contribution in [0.2, 0.25) is 0 Å². The molecular formula is C25H25N3O6. The van der Waals surface area contributed by atoms with Crippen molar-refractivity contribution in [3.63, 3.8) is 0 Å². The molecule has 176 valence electrons. The summed E-state index contributed by atoms with van der Waals surface area (Å²) in [7, 11) is 0. The predicted molar refractivity (Wildman–Crippen MR) is 120 cm³/mol. The molecule has 3 amide bonds. The molecule has 9 heteroatoms. The van der Waals surface area contributed by atoms with Gasteiger partial charge in [0.25, 0.3) is 5.91 Å². The summed E-state index contributed by atoms with van der Waals surface area (Å²) in [4.78, 5) is 50.1. The zero-order chi connectivity index (χ0) is 23.8. The quantitative estimate of drug-likeness (QED) is 0.720. The fraction of sp³-hybridized carbons (Fsp3) is 0.360. The molecule has 34 heavy (non-hydrogen) atoms. The lowest BCUT2D eigenvalue weighted by molar-refractivity contribution is -0.180. The van der Waals surface area contributed by atoms with Gasteiger partial charge >= 0.3 is 12.1 Å². The number of aliphatic carboxylic acids is 1. The van der Waals surface area contributed by atoms with Gasteiger partial charge in [-0.3, -0.25) is 14.6 Å². The number of benzene rings is 2. The summed E-state index contributed by atoms with van der Waals surface area (Å²) in [5.41, 5.74) is 4.35. The molecule has 0 aromatic heterocycles. The van der Waals surface area contributed by atoms with Crippen molar-refractivity contribution in [3.8, 4) is 11.1 Å². The normalized spacial score (nSPS) is 21.9. The van der Waals surface area contributed by atoms with E-state index in [1.807, 2.05) is 48.5 Å². The molecule has 5 rings (SSSR count). The first-order valence-electron chi connectivity index (χ1n) is 11.4. The van der Waals surface area contributed by atoms with Crippen LogP contribution >= 0.6 is 0 Å². The average Bonchev–Trinajstić information content (AvgIpc) is 3.11. The first kappa shape index (κ1) is 21.9. The molecular weight excluding hydrogens is 438 g/mol. The van der Waals surface area contributed by atoms with Gasteiger partial charge in [0, 0.05) is 18.9 Å². The van der Waals surface area contributed by atoms with Crippen LogP contribution in [0.4, 0.5) is 4.79 Å². The Kier molecular flexibility index (Phi) is 5.69. The van der Waals surface area contributed by atoms with E-state index in [1.165, 1.54) is 5.01 Å². The first-order chi connectivity index (χ1) is 16.5. The first-order valence-corrected chi connectivity index (χ1v) is 11.4. The molecule has 2 N–H and O–H groups in total. The standard InChI is InChI=1S/C25H25N3O6/c29-22-12-11-20(23(30)28-21(24(31)32)10-5-13-27(22)28)26-25(33)34-14-19-17-8-3-1-6-15(17)16-7-2-4-9-18(16)19/h1-4,6-9,19-21H,5,10-14H2,(H,26,33)(H,31,32)/t20?,21-/m0/s1. The van der Waals surface area contributed by atoms with E-state index in [1.54, 1.807) is 0 Å². The second-order valence-electron chi connectivity index (χ2n) is 8.76. The monoisotopic (exact) mass is 463 g/mol. The van der Waals surface area contributed by atoms with Gasteiger partial charge in [-0.1, -0.05) is 48.5 Å². The van der Waals surface area contributed by atoms with Crippen LogP contribution in [-0.2, 0) is 19.1 Å². The van der Waals surface area contributed by atoms with Gasteiger partial charge in [0.1, 0.15) is 12.6 Å². The Bertz CT molecular complexity index is 1120. The highest BCUT2D eigenvalue weighted by Crippen LogP contribution is 2.44. The highest BCUT2D eigenvalue weighted by Gasteiger charge is 2.44. The molecule has 1 unspecified atom stereocenters. The minimum atomic E-state index is -1.17. The van der Waals surface area contributed by atoms with E-state index >= 15 is 0 Å². The van der Waals surface area contributed by atoms with Crippen LogP contribution in [-0.4, -0.2) is 64.2 Å². The van der Waals surface area contributed by atoms with E-state index in [9.17, 15) is 24.3 Å². The lowest BCUT2D eigenvalue weighted by Gasteiger charge is -2.41. The smallest absolute Gasteiger partial charge is 0.407 e. The molecule has 2 atom stereocenters. The molecule has 3 aliphatic rings. The van der Waals surface area contributed by atoms with Crippen molar-refractivity contribution in [2.24, 2.45) is 0 Å². The van der Waals surface area contributed by atoms with E-state index in [0.717, 1.165) is 27.3 Å². The summed E-state index contributed by atoms with van der Waals surface area (Å²) in [6.45, 7) is 0.374. The summed E-state index contributed by atoms with van der Waals surface area (Å²) < 4.78 is 5.53. The van der Waals surface area contributed by atoms with Gasteiger partial charge in [0.05, 0.1) is 0 Å². The van der Waals surface area contributed by atoms with E-state index in [-0.39, 0.29) is 44.2 Å². The molecule has 2 aromatic carbocycles. The fourth-order valence-corrected chi connectivity index (χ4v) is 5.17. The Morgan fingerprint density at radius 3 is 2.29 bits per heavy atom. The SMILES string of the molecule is O=C(NC1CCC(=O)N2CCC[C@@H](C(=O)O)N2C1=O)OCC1c2ccccc2-c2ccccc21. The minimum absolute atomic E-state index is 0.0307. The van der Waals surface area contributed by atoms with E-state index in [4.69, 9.17) is 4.74 Å². The van der Waals surface area contributed by atoms with Crippen molar-refractivity contribution in [3.05, 3.63) is 59.7 Å². The van der Waals surface area contributed by atoms with Crippen LogP contribution in [0, 0.1) is 0 Å². The van der Waals surface area contributed by atoms with Crippen LogP contribution < -0.4 is 5.32 Å². The van der Waals surface area contributed by atoms with Gasteiger partial charge in [-0.05, 0) is 41.5 Å². The van der Waals surface area contributed by atoms with Crippen molar-refractivity contribution < 1.29 is 29.0 Å². The van der Waals surface area contributed by atoms with Crippen molar-refractivity contribution >= 4 is 23.9 Å². The second-order valence-corrected chi connectivity index (χ2v) is 8.76. The number of fused-ring (bicyclic) bond motifs is 4. The number of nitrogens with zero attached hydrogens (tertiary/aromatic N) is 2. The van der Waals surface area contributed by atoms with Crippen molar-refractivity contribution in [1.29, 1.82) is 0 Å². The Morgan fingerprint density at radius 2 is 1.65 bits per heavy atom. The maximum absolute atomic E-state index is 13.2. The van der Waals surface area contributed by atoms with E-state index in [2.05, 4.69) is 5.32 Å². The number of carbonyl (C=O) groups excluding carboxylic acids is 3. The number of nitrogens with one attached hydrogen (secondary N) is 1. The molecule has 0 spiro atoms. The third-order valence-corrected chi connectivity index (χ3v) is 6.78. The second kappa shape index (κ2) is 8.81. The predicted octanol–water partition coefficient (Wildman–Crippen LogP) is 2.51. The van der Waals surface area contributed by atoms with E-state index in [0.29, 0.717) is 6.42 Å². The molecule has 0 radical (unpaired) electrons. The summed E-state index contributed by atoms with van der Waals surface area (Å²) in [5.74, 6) is -2.23. The van der Waals surface area contributed by atoms with Gasteiger partial charge in [-0.25, -0.2) is 14.6 Å². The van der Waals surface area contributed by atoms with Crippen LogP contribution in [0.25, 0.3) is 11.1 Å². The molecule has 2 aromatic rings. The maximum Gasteiger partial charge on any atom is 0.407 e. The Balaban J connectivity index is 1.29. The van der Waals surface area contributed by atoms with E-state index < -0.39 is 30.1 Å². The number of hydrogen-bond donors (Lipinski definition) is 2. The summed E-state index contributed by atoms with van der Waals surface area (Å²) in [6, 6.07) is 13.8. The average molecular weight is 463 g/mol. The molecule has 2 aliphatic heterocycles. The highest BCUT2D eigenvalue weighted by atomic mass is 16.5. The van der Waals surface area contributed by atoms with Crippen LogP contribution in [0.1, 0.15) is 42.7 Å². The number of carboxylic acids is 1. The van der Waals surface area contributed by atoms with Crippen LogP contribution in [0.15, 0.2) is 48.5 Å². The van der Waals surface area contributed by atoms with Gasteiger partial charge < -0.3 is 15.2 Å². The third-order valence-electron chi connectivity index (χ3n) is 6.78. The molecule has 2 saturated heterocycles. The van der Waals surface area contributed by atoms with Gasteiger partial charge in [0.15, 0.2) is 6.04 Å². The topological polar surface area (TPSA) is 116 Å². The molecule has 1 aliphatic carbocycles. The van der Waals surface area contributed by atoms with Crippen molar-refractivity contribution in [1.82, 2.24) is 15.3 Å². The number of hydrazine groups is 1. The summed E-state index contributed by atoms with van der Waals surface area (Å²) in [5, 5.41) is 14.4. The number of alkyl carbamates (subject to hydrolysis) is 1. The highest BCUT2D eigenvalue weighted by molar-refractivity contribution is 5.93. The number of ether oxygens (including phenoxy) is 1. The van der Waals surface area contributed by atoms with Crippen LogP contribution in [0.3, 0.4) is 0 Å². The molecule has 2 fully saturated rings. The number of amides is 3. The van der Waals surface area contributed by atoms with Gasteiger partial charge in [0.2, 0.25) is 5.91 Å². The minimum Gasteiger partial charge on any atom is -0.480 e. The number of carbonyl (C=O) groups is 4. The van der Waals surface area contributed by atoms with Gasteiger partial charge in [-0.2, -0.15) is 0 Å². The Hall–Kier alpha value is -3.88. The summed E-state index contributed by atoms with van der Waals surface area (Å²) in [6.07, 6.45) is 0.0915. The fourth-order valence-electron chi connectivity index (χ4n) is 5.17.